The Kier molecular flexibility index (Phi) is 10.4. The van der Waals surface area contributed by atoms with Crippen LogP contribution >= 0.6 is 0 Å². The van der Waals surface area contributed by atoms with Gasteiger partial charge in [0.05, 0.1) is 25.9 Å². The Bertz CT molecular complexity index is 1360. The Balaban J connectivity index is 1.31. The average Bonchev–Trinajstić information content (AvgIpc) is 3.03. The first kappa shape index (κ1) is 29.6. The summed E-state index contributed by atoms with van der Waals surface area (Å²) >= 11 is 0. The molecule has 1 N–H and O–H groups in total. The lowest BCUT2D eigenvalue weighted by Crippen LogP contribution is -2.46. The van der Waals surface area contributed by atoms with E-state index in [2.05, 4.69) is 16.3 Å². The lowest BCUT2D eigenvalue weighted by Gasteiger charge is -2.38. The molecule has 0 atom stereocenters. The zero-order valence-electron chi connectivity index (χ0n) is 24.1. The van der Waals surface area contributed by atoms with E-state index in [1.807, 2.05) is 78.6 Å². The van der Waals surface area contributed by atoms with E-state index in [-0.39, 0.29) is 17.9 Å². The summed E-state index contributed by atoms with van der Waals surface area (Å²) in [5.41, 5.74) is 4.34. The Hall–Kier alpha value is -4.35. The Labute approximate surface area is 242 Å². The molecule has 0 unspecified atom stereocenters. The van der Waals surface area contributed by atoms with E-state index >= 15 is 0 Å². The summed E-state index contributed by atoms with van der Waals surface area (Å²) in [6, 6.07) is 23.1. The highest BCUT2D eigenvalue weighted by Gasteiger charge is 2.27. The van der Waals surface area contributed by atoms with E-state index in [0.29, 0.717) is 42.1 Å². The molecule has 0 aliphatic carbocycles. The van der Waals surface area contributed by atoms with Crippen molar-refractivity contribution in [3.8, 4) is 17.6 Å². The molecular weight excluding hydrogens is 516 g/mol. The van der Waals surface area contributed by atoms with Gasteiger partial charge in [-0.2, -0.15) is 5.26 Å². The van der Waals surface area contributed by atoms with Gasteiger partial charge in [0.25, 0.3) is 5.91 Å². The average molecular weight is 555 g/mol. The predicted octanol–water partition coefficient (Wildman–Crippen LogP) is 4.91. The van der Waals surface area contributed by atoms with E-state index in [0.717, 1.165) is 43.6 Å². The smallest absolute Gasteiger partial charge is 0.251 e. The van der Waals surface area contributed by atoms with Crippen LogP contribution in [-0.4, -0.2) is 55.0 Å². The molecule has 41 heavy (non-hydrogen) atoms. The normalized spacial score (nSPS) is 13.7. The Morgan fingerprint density at radius 2 is 1.56 bits per heavy atom. The monoisotopic (exact) mass is 554 g/mol. The van der Waals surface area contributed by atoms with Crippen LogP contribution in [-0.2, 0) is 24.4 Å². The van der Waals surface area contributed by atoms with Crippen molar-refractivity contribution in [1.82, 2.24) is 15.1 Å². The molecule has 0 spiro atoms. The first-order valence-electron chi connectivity index (χ1n) is 14.0. The number of carbonyl (C=O) groups is 2. The van der Waals surface area contributed by atoms with E-state index in [1.165, 1.54) is 5.56 Å². The second-order valence-electron chi connectivity index (χ2n) is 10.3. The topological polar surface area (TPSA) is 94.9 Å². The lowest BCUT2D eigenvalue weighted by atomic mass is 10.0. The van der Waals surface area contributed by atoms with Crippen LogP contribution in [0.15, 0.2) is 66.7 Å². The van der Waals surface area contributed by atoms with Crippen molar-refractivity contribution >= 4 is 11.8 Å². The van der Waals surface area contributed by atoms with Gasteiger partial charge < -0.3 is 19.7 Å². The molecule has 8 heteroatoms. The predicted molar refractivity (Wildman–Crippen MR) is 157 cm³/mol. The van der Waals surface area contributed by atoms with Gasteiger partial charge in [-0.25, -0.2) is 0 Å². The number of carbonyl (C=O) groups excluding carboxylic acids is 2. The van der Waals surface area contributed by atoms with Crippen molar-refractivity contribution in [3.63, 3.8) is 0 Å². The lowest BCUT2D eigenvalue weighted by molar-refractivity contribution is -0.135. The zero-order valence-corrected chi connectivity index (χ0v) is 24.1. The molecule has 3 aromatic rings. The highest BCUT2D eigenvalue weighted by atomic mass is 16.5. The number of rotatable bonds is 11. The fourth-order valence-corrected chi connectivity index (χ4v) is 5.19. The number of methoxy groups -OCH3 is 2. The number of nitriles is 1. The van der Waals surface area contributed by atoms with Gasteiger partial charge in [-0.15, -0.1) is 0 Å². The fourth-order valence-electron chi connectivity index (χ4n) is 5.19. The number of piperidine rings is 1. The number of benzene rings is 3. The van der Waals surface area contributed by atoms with Crippen LogP contribution in [0, 0.1) is 11.3 Å². The number of nitrogens with zero attached hydrogens (tertiary/aromatic N) is 3. The summed E-state index contributed by atoms with van der Waals surface area (Å²) in [5, 5.41) is 12.0. The summed E-state index contributed by atoms with van der Waals surface area (Å²) < 4.78 is 10.6. The minimum atomic E-state index is -0.164. The van der Waals surface area contributed by atoms with E-state index in [4.69, 9.17) is 14.7 Å². The molecule has 4 rings (SSSR count). The van der Waals surface area contributed by atoms with Crippen LogP contribution in [0.5, 0.6) is 11.5 Å². The molecule has 214 valence electrons. The van der Waals surface area contributed by atoms with E-state index in [1.54, 1.807) is 14.2 Å². The number of amides is 2. The highest BCUT2D eigenvalue weighted by Crippen LogP contribution is 2.27. The Morgan fingerprint density at radius 1 is 0.927 bits per heavy atom. The molecule has 8 nitrogen and oxygen atoms in total. The van der Waals surface area contributed by atoms with Gasteiger partial charge in [0.15, 0.2) is 11.5 Å². The molecule has 2 amide bonds. The largest absolute Gasteiger partial charge is 0.493 e. The molecular formula is C33H38N4O4. The second-order valence-corrected chi connectivity index (χ2v) is 10.3. The standard InChI is InChI=1S/C33H38N4O4/c1-4-32(38)37(29-15-17-36(18-16-29)22-25-7-5-24(20-34)6-8-25)23-26-9-12-28(13-10-26)33(39)35-21-27-11-14-30(40-2)31(19-27)41-3/h5-14,19,29H,4,15-18,21-23H2,1-3H3,(H,35,39). The maximum atomic E-state index is 12.9. The van der Waals surface area contributed by atoms with Crippen LogP contribution < -0.4 is 14.8 Å². The van der Waals surface area contributed by atoms with E-state index < -0.39 is 0 Å². The van der Waals surface area contributed by atoms with Gasteiger partial charge in [-0.05, 0) is 65.9 Å². The quantitative estimate of drug-likeness (QED) is 0.362. The number of hydrogen-bond acceptors (Lipinski definition) is 6. The zero-order chi connectivity index (χ0) is 29.2. The van der Waals surface area contributed by atoms with Gasteiger partial charge in [0.1, 0.15) is 0 Å². The molecule has 1 heterocycles. The van der Waals surface area contributed by atoms with Gasteiger partial charge in [0, 0.05) is 50.7 Å². The maximum absolute atomic E-state index is 12.9. The molecule has 1 saturated heterocycles. The molecule has 1 aliphatic rings. The third-order valence-corrected chi connectivity index (χ3v) is 7.58. The highest BCUT2D eigenvalue weighted by molar-refractivity contribution is 5.94. The van der Waals surface area contributed by atoms with Crippen molar-refractivity contribution in [2.24, 2.45) is 0 Å². The fraction of sp³-hybridized carbons (Fsp3) is 0.364. The molecule has 0 bridgehead atoms. The van der Waals surface area contributed by atoms with Gasteiger partial charge in [-0.3, -0.25) is 14.5 Å². The maximum Gasteiger partial charge on any atom is 0.251 e. The minimum Gasteiger partial charge on any atom is -0.493 e. The molecule has 1 fully saturated rings. The third-order valence-electron chi connectivity index (χ3n) is 7.58. The van der Waals surface area contributed by atoms with Crippen molar-refractivity contribution in [2.75, 3.05) is 27.3 Å². The summed E-state index contributed by atoms with van der Waals surface area (Å²) in [7, 11) is 3.17. The van der Waals surface area contributed by atoms with Gasteiger partial charge >= 0.3 is 0 Å². The van der Waals surface area contributed by atoms with Crippen molar-refractivity contribution in [1.29, 1.82) is 5.26 Å². The number of nitrogens with one attached hydrogen (secondary N) is 1. The first-order valence-corrected chi connectivity index (χ1v) is 14.0. The van der Waals surface area contributed by atoms with Crippen molar-refractivity contribution in [3.05, 3.63) is 94.5 Å². The number of hydrogen-bond donors (Lipinski definition) is 1. The van der Waals surface area contributed by atoms with Crippen LogP contribution in [0.4, 0.5) is 0 Å². The molecule has 0 saturated carbocycles. The van der Waals surface area contributed by atoms with E-state index in [9.17, 15) is 9.59 Å². The van der Waals surface area contributed by atoms with Gasteiger partial charge in [0.2, 0.25) is 5.91 Å². The van der Waals surface area contributed by atoms with Crippen LogP contribution in [0.25, 0.3) is 0 Å². The molecule has 3 aromatic carbocycles. The van der Waals surface area contributed by atoms with Gasteiger partial charge in [-0.1, -0.05) is 37.3 Å². The molecule has 1 aliphatic heterocycles. The summed E-state index contributed by atoms with van der Waals surface area (Å²) in [6.07, 6.45) is 2.29. The molecule has 0 radical (unpaired) electrons. The SMILES string of the molecule is CCC(=O)N(Cc1ccc(C(=O)NCc2ccc(OC)c(OC)c2)cc1)C1CCN(Cc2ccc(C#N)cc2)CC1. The summed E-state index contributed by atoms with van der Waals surface area (Å²) in [4.78, 5) is 30.1. The van der Waals surface area contributed by atoms with Crippen LogP contribution in [0.1, 0.15) is 58.8 Å². The summed E-state index contributed by atoms with van der Waals surface area (Å²) in [5.74, 6) is 1.24. The van der Waals surface area contributed by atoms with Crippen LogP contribution in [0.2, 0.25) is 0 Å². The summed E-state index contributed by atoms with van der Waals surface area (Å²) in [6.45, 7) is 5.47. The number of likely N-dealkylation sites (tertiary alicyclic amines) is 1. The second kappa shape index (κ2) is 14.3. The molecule has 0 aromatic heterocycles. The van der Waals surface area contributed by atoms with Crippen molar-refractivity contribution in [2.45, 2.75) is 51.9 Å². The third kappa shape index (κ3) is 7.86. The minimum absolute atomic E-state index is 0.146. The number of ether oxygens (including phenoxy) is 2. The van der Waals surface area contributed by atoms with Crippen molar-refractivity contribution < 1.29 is 19.1 Å². The Morgan fingerprint density at radius 3 is 2.17 bits per heavy atom. The van der Waals surface area contributed by atoms with Crippen LogP contribution in [0.3, 0.4) is 0 Å². The first-order chi connectivity index (χ1) is 19.9.